The van der Waals surface area contributed by atoms with Crippen molar-refractivity contribution >= 4 is 24.2 Å². The molecule has 0 unspecified atom stereocenters. The first-order valence-electron chi connectivity index (χ1n) is 14.7. The maximum atomic E-state index is 13.5. The summed E-state index contributed by atoms with van der Waals surface area (Å²) in [6.45, 7) is 5.22. The van der Waals surface area contributed by atoms with Crippen LogP contribution in [-0.4, -0.2) is 65.8 Å². The number of hydrogen-bond donors (Lipinski definition) is 0. The van der Waals surface area contributed by atoms with E-state index in [2.05, 4.69) is 34.1 Å². The molecular weight excluding hydrogens is 551 g/mol. The van der Waals surface area contributed by atoms with Gasteiger partial charge >= 0.3 is 6.18 Å². The first-order chi connectivity index (χ1) is 19.2. The van der Waals surface area contributed by atoms with Gasteiger partial charge in [0.25, 0.3) is 0 Å². The van der Waals surface area contributed by atoms with Crippen LogP contribution in [0.5, 0.6) is 0 Å². The van der Waals surface area contributed by atoms with Crippen molar-refractivity contribution in [3.8, 4) is 0 Å². The predicted molar refractivity (Wildman–Crippen MR) is 153 cm³/mol. The van der Waals surface area contributed by atoms with Crippen molar-refractivity contribution < 1.29 is 22.8 Å². The Kier molecular flexibility index (Phi) is 8.72. The number of carbonyl (C=O) groups is 2. The molecule has 9 heteroatoms. The highest BCUT2D eigenvalue weighted by atomic mass is 35.5. The van der Waals surface area contributed by atoms with Gasteiger partial charge in [-0.15, -0.1) is 12.4 Å². The normalized spacial score (nSPS) is 24.6. The molecular formula is C32H39ClF3N3O2. The van der Waals surface area contributed by atoms with Crippen molar-refractivity contribution in [2.45, 2.75) is 57.2 Å². The highest BCUT2D eigenvalue weighted by Crippen LogP contribution is 2.43. The molecule has 4 fully saturated rings. The number of benzene rings is 2. The van der Waals surface area contributed by atoms with Crippen molar-refractivity contribution in [3.05, 3.63) is 71.3 Å². The third-order valence-corrected chi connectivity index (χ3v) is 9.74. The Balaban J connectivity index is 0.00000337. The van der Waals surface area contributed by atoms with Crippen LogP contribution in [0.2, 0.25) is 0 Å². The number of amides is 2. The first kappa shape index (κ1) is 29.9. The van der Waals surface area contributed by atoms with Gasteiger partial charge in [-0.2, -0.15) is 13.2 Å². The lowest BCUT2D eigenvalue weighted by Gasteiger charge is -2.39. The van der Waals surface area contributed by atoms with E-state index in [4.69, 9.17) is 0 Å². The molecule has 0 radical (unpaired) electrons. The van der Waals surface area contributed by atoms with Crippen LogP contribution < -0.4 is 0 Å². The van der Waals surface area contributed by atoms with Gasteiger partial charge in [0, 0.05) is 45.1 Å². The minimum atomic E-state index is -4.36. The fourth-order valence-electron chi connectivity index (χ4n) is 7.06. The Bertz CT molecular complexity index is 1210. The smallest absolute Gasteiger partial charge is 0.342 e. The molecule has 5 nitrogen and oxygen atoms in total. The lowest BCUT2D eigenvalue weighted by molar-refractivity contribution is -0.139. The largest absolute Gasteiger partial charge is 0.416 e. The molecule has 41 heavy (non-hydrogen) atoms. The number of rotatable bonds is 7. The maximum absolute atomic E-state index is 13.5. The van der Waals surface area contributed by atoms with E-state index in [-0.39, 0.29) is 23.7 Å². The minimum absolute atomic E-state index is 0. The summed E-state index contributed by atoms with van der Waals surface area (Å²) >= 11 is 0. The lowest BCUT2D eigenvalue weighted by atomic mass is 9.76. The molecule has 1 aliphatic carbocycles. The highest BCUT2D eigenvalue weighted by molar-refractivity contribution is 5.85. The van der Waals surface area contributed by atoms with E-state index in [1.807, 2.05) is 11.0 Å². The van der Waals surface area contributed by atoms with Gasteiger partial charge < -0.3 is 14.7 Å². The van der Waals surface area contributed by atoms with Crippen LogP contribution in [0.15, 0.2) is 54.6 Å². The summed E-state index contributed by atoms with van der Waals surface area (Å²) in [4.78, 5) is 32.8. The number of piperidine rings is 1. The number of carbonyl (C=O) groups excluding carboxylic acids is 2. The van der Waals surface area contributed by atoms with Gasteiger partial charge in [0.2, 0.25) is 11.8 Å². The minimum Gasteiger partial charge on any atom is -0.342 e. The monoisotopic (exact) mass is 589 g/mol. The molecule has 222 valence electrons. The van der Waals surface area contributed by atoms with Crippen LogP contribution in [0, 0.1) is 17.3 Å². The number of halogens is 4. The third-order valence-electron chi connectivity index (χ3n) is 9.74. The predicted octanol–water partition coefficient (Wildman–Crippen LogP) is 5.98. The molecule has 3 heterocycles. The van der Waals surface area contributed by atoms with Crippen molar-refractivity contribution in [3.63, 3.8) is 0 Å². The number of hydrogen-bond acceptors (Lipinski definition) is 3. The molecule has 4 aliphatic rings. The Hall–Kier alpha value is -2.58. The maximum Gasteiger partial charge on any atom is 0.416 e. The molecule has 0 aromatic heterocycles. The summed E-state index contributed by atoms with van der Waals surface area (Å²) < 4.78 is 38.7. The van der Waals surface area contributed by atoms with Crippen LogP contribution in [0.1, 0.15) is 61.1 Å². The van der Waals surface area contributed by atoms with Gasteiger partial charge in [-0.3, -0.25) is 9.59 Å². The average molecular weight is 590 g/mol. The average Bonchev–Trinajstić information content (AvgIpc) is 3.59. The molecule has 0 N–H and O–H groups in total. The zero-order valence-corrected chi connectivity index (χ0v) is 24.1. The van der Waals surface area contributed by atoms with Crippen LogP contribution >= 0.6 is 12.4 Å². The SMILES string of the molecule is Cl.O=C(CC1CC1)N1C[C@H](CN2CCC3(CC2)CCN(Cc2ccc(C(F)(F)F)cc2)C3=O)[C@@H](c2ccccc2)C1. The third kappa shape index (κ3) is 6.59. The fourth-order valence-corrected chi connectivity index (χ4v) is 7.06. The van der Waals surface area contributed by atoms with Crippen LogP contribution in [-0.2, 0) is 22.3 Å². The van der Waals surface area contributed by atoms with Crippen LogP contribution in [0.25, 0.3) is 0 Å². The van der Waals surface area contributed by atoms with Crippen molar-refractivity contribution in [1.29, 1.82) is 0 Å². The van der Waals surface area contributed by atoms with Gasteiger partial charge in [0.05, 0.1) is 11.0 Å². The fraction of sp³-hybridized carbons (Fsp3) is 0.562. The van der Waals surface area contributed by atoms with Gasteiger partial charge in [-0.25, -0.2) is 0 Å². The molecule has 0 bridgehead atoms. The van der Waals surface area contributed by atoms with Crippen molar-refractivity contribution in [1.82, 2.24) is 14.7 Å². The summed E-state index contributed by atoms with van der Waals surface area (Å²) in [7, 11) is 0. The van der Waals surface area contributed by atoms with Crippen LogP contribution in [0.3, 0.4) is 0 Å². The zero-order chi connectivity index (χ0) is 27.9. The second-order valence-electron chi connectivity index (χ2n) is 12.5. The molecule has 2 atom stereocenters. The van der Waals surface area contributed by atoms with E-state index in [0.29, 0.717) is 43.2 Å². The summed E-state index contributed by atoms with van der Waals surface area (Å²) in [6.07, 6.45) is 1.11. The molecule has 3 saturated heterocycles. The van der Waals surface area contributed by atoms with Gasteiger partial charge in [-0.1, -0.05) is 42.5 Å². The first-order valence-corrected chi connectivity index (χ1v) is 14.7. The molecule has 1 saturated carbocycles. The summed E-state index contributed by atoms with van der Waals surface area (Å²) in [5, 5.41) is 0. The zero-order valence-electron chi connectivity index (χ0n) is 23.3. The Morgan fingerprint density at radius 3 is 2.20 bits per heavy atom. The van der Waals surface area contributed by atoms with Crippen molar-refractivity contribution in [2.24, 2.45) is 17.3 Å². The standard InChI is InChI=1S/C32H38F3N3O2.ClH/c33-32(34,35)27-10-8-24(9-11-27)19-37-17-14-31(30(37)40)12-15-36(16-13-31)20-26-21-38(29(39)18-23-6-7-23)22-28(26)25-4-2-1-3-5-25;/h1-5,8-11,23,26,28H,6-7,12-22H2;1H/t26-,28+;/m0./s1. The second kappa shape index (κ2) is 12.0. The van der Waals surface area contributed by atoms with Gasteiger partial charge in [0.1, 0.15) is 0 Å². The molecule has 6 rings (SSSR count). The molecule has 2 amide bonds. The number of nitrogens with zero attached hydrogens (tertiary/aromatic N) is 3. The van der Waals surface area contributed by atoms with Crippen molar-refractivity contribution in [2.75, 3.05) is 39.3 Å². The Morgan fingerprint density at radius 2 is 1.56 bits per heavy atom. The summed E-state index contributed by atoms with van der Waals surface area (Å²) in [5.41, 5.74) is 1.00. The van der Waals surface area contributed by atoms with E-state index in [9.17, 15) is 22.8 Å². The Morgan fingerprint density at radius 1 is 0.902 bits per heavy atom. The quantitative estimate of drug-likeness (QED) is 0.399. The molecule has 2 aromatic rings. The van der Waals surface area contributed by atoms with Crippen LogP contribution in [0.4, 0.5) is 13.2 Å². The summed E-state index contributed by atoms with van der Waals surface area (Å²) in [5.74, 6) is 1.73. The Labute approximate surface area is 246 Å². The highest BCUT2D eigenvalue weighted by Gasteiger charge is 2.48. The lowest BCUT2D eigenvalue weighted by Crippen LogP contribution is -2.46. The second-order valence-corrected chi connectivity index (χ2v) is 12.5. The molecule has 1 spiro atoms. The van der Waals surface area contributed by atoms with E-state index in [1.165, 1.54) is 30.5 Å². The van der Waals surface area contributed by atoms with E-state index in [0.717, 1.165) is 69.7 Å². The van der Waals surface area contributed by atoms with Gasteiger partial charge in [-0.05, 0) is 80.3 Å². The topological polar surface area (TPSA) is 43.9 Å². The van der Waals surface area contributed by atoms with E-state index < -0.39 is 11.7 Å². The molecule has 2 aromatic carbocycles. The molecule has 3 aliphatic heterocycles. The van der Waals surface area contributed by atoms with E-state index in [1.54, 1.807) is 0 Å². The summed E-state index contributed by atoms with van der Waals surface area (Å²) in [6, 6.07) is 15.7. The number of likely N-dealkylation sites (tertiary alicyclic amines) is 3. The number of alkyl halides is 3. The van der Waals surface area contributed by atoms with E-state index >= 15 is 0 Å². The van der Waals surface area contributed by atoms with Gasteiger partial charge in [0.15, 0.2) is 0 Å².